The van der Waals surface area contributed by atoms with Crippen LogP contribution in [-0.2, 0) is 15.6 Å². The predicted octanol–water partition coefficient (Wildman–Crippen LogP) is 1.18. The van der Waals surface area contributed by atoms with Gasteiger partial charge in [-0.25, -0.2) is 0 Å². The molecule has 0 fully saturated rings. The first kappa shape index (κ1) is 12.3. The largest absolute Gasteiger partial charge is 0.481 e. The molecule has 1 unspecified atom stereocenters. The number of nitro benzene ring substituents is 1. The Hall–Kier alpha value is -1.76. The maximum Gasteiger partial charge on any atom is 0.304 e. The number of aliphatic carboxylic acids is 1. The fourth-order valence-corrected chi connectivity index (χ4v) is 2.05. The Morgan fingerprint density at radius 1 is 1.38 bits per heavy atom. The van der Waals surface area contributed by atoms with Gasteiger partial charge >= 0.3 is 5.97 Å². The minimum Gasteiger partial charge on any atom is -0.481 e. The van der Waals surface area contributed by atoms with Crippen LogP contribution >= 0.6 is 0 Å². The van der Waals surface area contributed by atoms with Gasteiger partial charge in [0, 0.05) is 22.8 Å². The van der Waals surface area contributed by atoms with Crippen molar-refractivity contribution in [2.24, 2.45) is 0 Å². The minimum absolute atomic E-state index is 0.00709. The lowest BCUT2D eigenvalue weighted by molar-refractivity contribution is -0.384. The van der Waals surface area contributed by atoms with Gasteiger partial charge < -0.3 is 5.11 Å². The molecule has 86 valence electrons. The van der Waals surface area contributed by atoms with Gasteiger partial charge in [-0.05, 0) is 12.1 Å². The van der Waals surface area contributed by atoms with Crippen molar-refractivity contribution in [3.05, 3.63) is 34.4 Å². The van der Waals surface area contributed by atoms with Crippen LogP contribution in [0.5, 0.6) is 0 Å². The summed E-state index contributed by atoms with van der Waals surface area (Å²) in [6.45, 7) is 0. The molecule has 0 aliphatic carbocycles. The molecule has 6 nitrogen and oxygen atoms in total. The molecule has 1 atom stereocenters. The summed E-state index contributed by atoms with van der Waals surface area (Å²) in [5.74, 6) is -1.01. The molecule has 0 aliphatic rings. The molecule has 0 saturated heterocycles. The number of carboxylic acids is 1. The van der Waals surface area contributed by atoms with Crippen LogP contribution in [0.4, 0.5) is 5.69 Å². The van der Waals surface area contributed by atoms with Gasteiger partial charge in [-0.1, -0.05) is 0 Å². The first-order valence-corrected chi connectivity index (χ1v) is 5.67. The highest BCUT2D eigenvalue weighted by Gasteiger charge is 2.09. The van der Waals surface area contributed by atoms with Gasteiger partial charge in [0.2, 0.25) is 0 Å². The van der Waals surface area contributed by atoms with Crippen LogP contribution in [0.2, 0.25) is 0 Å². The zero-order chi connectivity index (χ0) is 12.1. The average Bonchev–Trinajstić information content (AvgIpc) is 2.26. The Morgan fingerprint density at radius 3 is 2.38 bits per heavy atom. The summed E-state index contributed by atoms with van der Waals surface area (Å²) in [4.78, 5) is 20.4. The van der Waals surface area contributed by atoms with Crippen molar-refractivity contribution in [1.82, 2.24) is 0 Å². The lowest BCUT2D eigenvalue weighted by Gasteiger charge is -1.99. The van der Waals surface area contributed by atoms with E-state index >= 15 is 0 Å². The Bertz CT molecular complexity index is 428. The highest BCUT2D eigenvalue weighted by molar-refractivity contribution is 7.85. The number of hydrogen-bond donors (Lipinski definition) is 1. The second kappa shape index (κ2) is 5.36. The van der Waals surface area contributed by atoms with Gasteiger partial charge in [0.05, 0.1) is 22.1 Å². The standard InChI is InChI=1S/C9H9NO5S/c11-9(12)5-6-16(15)8-3-1-7(2-4-8)10(13)14/h1-4H,5-6H2,(H,11,12). The monoisotopic (exact) mass is 243 g/mol. The predicted molar refractivity (Wildman–Crippen MR) is 56.6 cm³/mol. The van der Waals surface area contributed by atoms with E-state index in [9.17, 15) is 19.1 Å². The van der Waals surface area contributed by atoms with E-state index in [1.807, 2.05) is 0 Å². The molecule has 0 spiro atoms. The van der Waals surface area contributed by atoms with Gasteiger partial charge in [0.15, 0.2) is 0 Å². The van der Waals surface area contributed by atoms with E-state index in [0.29, 0.717) is 4.90 Å². The topological polar surface area (TPSA) is 97.5 Å². The number of nitrogens with zero attached hydrogens (tertiary/aromatic N) is 1. The SMILES string of the molecule is O=C(O)CCS(=O)c1ccc([N+](=O)[O-])cc1. The van der Waals surface area contributed by atoms with E-state index < -0.39 is 21.7 Å². The zero-order valence-corrected chi connectivity index (χ0v) is 8.98. The van der Waals surface area contributed by atoms with Crippen molar-refractivity contribution >= 4 is 22.5 Å². The highest BCUT2D eigenvalue weighted by Crippen LogP contribution is 2.14. The number of rotatable bonds is 5. The molecule has 0 radical (unpaired) electrons. The van der Waals surface area contributed by atoms with E-state index in [1.54, 1.807) is 0 Å². The van der Waals surface area contributed by atoms with Crippen LogP contribution in [-0.4, -0.2) is 26.0 Å². The van der Waals surface area contributed by atoms with Crippen LogP contribution in [0, 0.1) is 10.1 Å². The fraction of sp³-hybridized carbons (Fsp3) is 0.222. The third kappa shape index (κ3) is 3.43. The third-order valence-electron chi connectivity index (χ3n) is 1.81. The van der Waals surface area contributed by atoms with Crippen LogP contribution in [0.1, 0.15) is 6.42 Å². The lowest BCUT2D eigenvalue weighted by Crippen LogP contribution is -2.04. The molecule has 0 bridgehead atoms. The van der Waals surface area contributed by atoms with Crippen molar-refractivity contribution in [2.45, 2.75) is 11.3 Å². The quantitative estimate of drug-likeness (QED) is 0.618. The number of hydrogen-bond acceptors (Lipinski definition) is 4. The summed E-state index contributed by atoms with van der Waals surface area (Å²) in [6, 6.07) is 5.23. The Labute approximate surface area is 93.5 Å². The number of nitro groups is 1. The molecule has 1 N–H and O–H groups in total. The maximum atomic E-state index is 11.5. The molecule has 1 rings (SSSR count). The second-order valence-electron chi connectivity index (χ2n) is 2.94. The van der Waals surface area contributed by atoms with Crippen molar-refractivity contribution in [2.75, 3.05) is 5.75 Å². The molecule has 0 aliphatic heterocycles. The average molecular weight is 243 g/mol. The second-order valence-corrected chi connectivity index (χ2v) is 4.52. The minimum atomic E-state index is -1.43. The number of carbonyl (C=O) groups is 1. The number of carboxylic acid groups (broad SMARTS) is 1. The van der Waals surface area contributed by atoms with Crippen molar-refractivity contribution < 1.29 is 19.0 Å². The summed E-state index contributed by atoms with van der Waals surface area (Å²) in [5, 5.41) is 18.8. The van der Waals surface area contributed by atoms with E-state index in [0.717, 1.165) is 0 Å². The molecule has 1 aromatic carbocycles. The van der Waals surface area contributed by atoms with E-state index in [-0.39, 0.29) is 17.9 Å². The van der Waals surface area contributed by atoms with Gasteiger partial charge in [-0.15, -0.1) is 0 Å². The summed E-state index contributed by atoms with van der Waals surface area (Å²) in [6.07, 6.45) is -0.191. The summed E-state index contributed by atoms with van der Waals surface area (Å²) < 4.78 is 11.5. The van der Waals surface area contributed by atoms with E-state index in [4.69, 9.17) is 5.11 Å². The summed E-state index contributed by atoms with van der Waals surface area (Å²) in [5.41, 5.74) is -0.0843. The molecular formula is C9H9NO5S. The van der Waals surface area contributed by atoms with Crippen molar-refractivity contribution in [3.8, 4) is 0 Å². The van der Waals surface area contributed by atoms with Crippen molar-refractivity contribution in [3.63, 3.8) is 0 Å². The molecule has 0 heterocycles. The van der Waals surface area contributed by atoms with Crippen LogP contribution < -0.4 is 0 Å². The molecule has 1 aromatic rings. The van der Waals surface area contributed by atoms with E-state index in [2.05, 4.69) is 0 Å². The van der Waals surface area contributed by atoms with Gasteiger partial charge in [0.1, 0.15) is 0 Å². The van der Waals surface area contributed by atoms with Crippen molar-refractivity contribution in [1.29, 1.82) is 0 Å². The summed E-state index contributed by atoms with van der Waals surface area (Å²) in [7, 11) is -1.43. The smallest absolute Gasteiger partial charge is 0.304 e. The summed E-state index contributed by atoms with van der Waals surface area (Å²) >= 11 is 0. The molecule has 16 heavy (non-hydrogen) atoms. The maximum absolute atomic E-state index is 11.5. The zero-order valence-electron chi connectivity index (χ0n) is 8.16. The Balaban J connectivity index is 2.70. The number of benzene rings is 1. The lowest BCUT2D eigenvalue weighted by atomic mass is 10.3. The fourth-order valence-electron chi connectivity index (χ4n) is 1.02. The first-order chi connectivity index (χ1) is 7.50. The van der Waals surface area contributed by atoms with Crippen LogP contribution in [0.25, 0.3) is 0 Å². The van der Waals surface area contributed by atoms with Crippen LogP contribution in [0.3, 0.4) is 0 Å². The first-order valence-electron chi connectivity index (χ1n) is 4.35. The molecule has 0 saturated carbocycles. The number of non-ortho nitro benzene ring substituents is 1. The van der Waals surface area contributed by atoms with Gasteiger partial charge in [-0.2, -0.15) is 0 Å². The Morgan fingerprint density at radius 2 is 1.94 bits per heavy atom. The normalized spacial score (nSPS) is 12.0. The molecule has 7 heteroatoms. The van der Waals surface area contributed by atoms with Gasteiger partial charge in [-0.3, -0.25) is 19.1 Å². The molecular weight excluding hydrogens is 234 g/mol. The highest BCUT2D eigenvalue weighted by atomic mass is 32.2. The molecule has 0 aromatic heterocycles. The Kier molecular flexibility index (Phi) is 4.12. The van der Waals surface area contributed by atoms with Crippen LogP contribution in [0.15, 0.2) is 29.2 Å². The van der Waals surface area contributed by atoms with E-state index in [1.165, 1.54) is 24.3 Å². The third-order valence-corrected chi connectivity index (χ3v) is 3.18. The molecule has 0 amide bonds. The van der Waals surface area contributed by atoms with Gasteiger partial charge in [0.25, 0.3) is 5.69 Å².